The number of amides is 2. The number of anilines is 1. The van der Waals surface area contributed by atoms with Crippen molar-refractivity contribution in [2.45, 2.75) is 12.6 Å². The molecule has 0 radical (unpaired) electrons. The molecule has 0 atom stereocenters. The zero-order valence-corrected chi connectivity index (χ0v) is 28.7. The van der Waals surface area contributed by atoms with Crippen LogP contribution in [-0.2, 0) is 9.59 Å². The fraction of sp³-hybridized carbons (Fsp3) is 0.344. The summed E-state index contributed by atoms with van der Waals surface area (Å²) in [7, 11) is 5.42. The molecule has 0 saturated carbocycles. The van der Waals surface area contributed by atoms with Crippen LogP contribution in [0.5, 0.6) is 5.75 Å². The van der Waals surface area contributed by atoms with Gasteiger partial charge in [-0.3, -0.25) is 19.5 Å². The molecular weight excluding hydrogens is 705 g/mol. The summed E-state index contributed by atoms with van der Waals surface area (Å²) in [5, 5.41) is 29.6. The highest BCUT2D eigenvalue weighted by molar-refractivity contribution is 6.45. The zero-order valence-electron chi connectivity index (χ0n) is 28.7. The molecule has 0 aliphatic carbocycles. The van der Waals surface area contributed by atoms with Crippen LogP contribution in [0.15, 0.2) is 48.8 Å². The predicted octanol–water partition coefficient (Wildman–Crippen LogP) is 1.78. The van der Waals surface area contributed by atoms with E-state index in [2.05, 4.69) is 41.0 Å². The number of tetrazole rings is 1. The van der Waals surface area contributed by atoms with Crippen molar-refractivity contribution in [3.8, 4) is 22.8 Å². The number of halogens is 3. The average Bonchev–Trinajstić information content (AvgIpc) is 3.93. The number of ketones is 1. The second-order valence-electron chi connectivity index (χ2n) is 11.8. The number of aromatic amines is 2. The van der Waals surface area contributed by atoms with E-state index in [1.54, 1.807) is 10.7 Å². The lowest BCUT2D eigenvalue weighted by atomic mass is 10.1. The summed E-state index contributed by atoms with van der Waals surface area (Å²) in [6, 6.07) is 11.1. The van der Waals surface area contributed by atoms with Gasteiger partial charge in [-0.15, -0.1) is 0 Å². The number of piperazine rings is 1. The van der Waals surface area contributed by atoms with E-state index in [4.69, 9.17) is 14.6 Å². The standard InChI is InChI=1S/C30H34N12O4.C2HF3O2/c1-39(2)11-7-10-31-28(44)22-16-21(34-35-22)25-26-24(23(46-3)18-33-25)20(17-32-26)27(43)29(45)40-12-14-41(15-13-40)30-36-37-38-42(30)19-8-5-4-6-9-19;3-2(4,5)1(6)7/h4-6,8-9,16-18,32H,7,10-15H2,1-3H3,(H,31,44)(H,34,35);(H,6,7). The molecule has 4 N–H and O–H groups in total. The van der Waals surface area contributed by atoms with E-state index >= 15 is 0 Å². The van der Waals surface area contributed by atoms with Gasteiger partial charge < -0.3 is 34.8 Å². The number of pyridine rings is 1. The van der Waals surface area contributed by atoms with Gasteiger partial charge in [-0.1, -0.05) is 23.3 Å². The molecule has 18 nitrogen and oxygen atoms in total. The maximum absolute atomic E-state index is 13.6. The molecule has 1 saturated heterocycles. The minimum Gasteiger partial charge on any atom is -0.494 e. The number of carboxylic acids is 1. The Morgan fingerprint density at radius 1 is 1.08 bits per heavy atom. The number of Topliss-reactive ketones (excluding diaryl/α,β-unsaturated/α-hetero) is 1. The number of carbonyl (C=O) groups is 4. The van der Waals surface area contributed by atoms with Crippen LogP contribution >= 0.6 is 0 Å². The molecule has 5 aromatic rings. The largest absolute Gasteiger partial charge is 0.494 e. The monoisotopic (exact) mass is 740 g/mol. The summed E-state index contributed by atoms with van der Waals surface area (Å²) in [5.41, 5.74) is 2.51. The van der Waals surface area contributed by atoms with E-state index in [9.17, 15) is 27.6 Å². The van der Waals surface area contributed by atoms with Crippen LogP contribution in [0.3, 0.4) is 0 Å². The molecule has 1 aromatic carbocycles. The Kier molecular flexibility index (Phi) is 11.7. The van der Waals surface area contributed by atoms with Crippen LogP contribution in [0, 0.1) is 0 Å². The third-order valence-electron chi connectivity index (χ3n) is 8.01. The average molecular weight is 741 g/mol. The number of carbonyl (C=O) groups excluding carboxylic acids is 3. The topological polar surface area (TPSA) is 220 Å². The number of aromatic nitrogens is 8. The van der Waals surface area contributed by atoms with Gasteiger partial charge >= 0.3 is 12.1 Å². The van der Waals surface area contributed by atoms with E-state index in [-0.39, 0.29) is 17.2 Å². The SMILES string of the molecule is COc1cnc(-c2cc(C(=O)NCCCN(C)C)[nH]n2)c2[nH]cc(C(=O)C(=O)N3CCN(c4nnnn4-c4ccccc4)CC3)c12.O=C(O)C(F)(F)F. The number of nitrogens with zero attached hydrogens (tertiary/aromatic N) is 9. The van der Waals surface area contributed by atoms with E-state index in [1.165, 1.54) is 24.4 Å². The molecular formula is C32H35F3N12O6. The number of fused-ring (bicyclic) bond motifs is 1. The number of benzene rings is 1. The van der Waals surface area contributed by atoms with Gasteiger partial charge in [0, 0.05) is 38.9 Å². The lowest BCUT2D eigenvalue weighted by Gasteiger charge is -2.34. The van der Waals surface area contributed by atoms with Crippen LogP contribution in [-0.4, -0.2) is 145 Å². The van der Waals surface area contributed by atoms with Crippen molar-refractivity contribution in [2.75, 3.05) is 65.4 Å². The first-order chi connectivity index (χ1) is 25.3. The molecule has 280 valence electrons. The summed E-state index contributed by atoms with van der Waals surface area (Å²) in [4.78, 5) is 61.8. The van der Waals surface area contributed by atoms with Crippen LogP contribution in [0.1, 0.15) is 27.3 Å². The summed E-state index contributed by atoms with van der Waals surface area (Å²) < 4.78 is 38.9. The lowest BCUT2D eigenvalue weighted by molar-refractivity contribution is -0.192. The van der Waals surface area contributed by atoms with Crippen LogP contribution in [0.4, 0.5) is 19.1 Å². The smallest absolute Gasteiger partial charge is 0.490 e. The molecule has 6 rings (SSSR count). The number of para-hydroxylation sites is 1. The van der Waals surface area contributed by atoms with E-state index in [1.807, 2.05) is 54.2 Å². The van der Waals surface area contributed by atoms with Crippen LogP contribution < -0.4 is 15.0 Å². The molecule has 4 aromatic heterocycles. The van der Waals surface area contributed by atoms with Gasteiger partial charge in [0.15, 0.2) is 0 Å². The Labute approximate surface area is 298 Å². The van der Waals surface area contributed by atoms with Gasteiger partial charge in [-0.05, 0) is 55.7 Å². The number of hydrogen-bond acceptors (Lipinski definition) is 12. The van der Waals surface area contributed by atoms with E-state index < -0.39 is 23.8 Å². The Balaban J connectivity index is 0.000000705. The van der Waals surface area contributed by atoms with Gasteiger partial charge in [0.2, 0.25) is 5.95 Å². The number of ether oxygens (including phenoxy) is 1. The number of carboxylic acid groups (broad SMARTS) is 1. The molecule has 0 unspecified atom stereocenters. The number of hydrogen-bond donors (Lipinski definition) is 4. The third-order valence-corrected chi connectivity index (χ3v) is 8.01. The van der Waals surface area contributed by atoms with Crippen LogP contribution in [0.2, 0.25) is 0 Å². The van der Waals surface area contributed by atoms with Crippen molar-refractivity contribution in [1.82, 2.24) is 55.5 Å². The Morgan fingerprint density at radius 3 is 2.42 bits per heavy atom. The highest BCUT2D eigenvalue weighted by Gasteiger charge is 2.38. The quantitative estimate of drug-likeness (QED) is 0.0863. The number of nitrogens with one attached hydrogen (secondary N) is 3. The minimum absolute atomic E-state index is 0.158. The van der Waals surface area contributed by atoms with Gasteiger partial charge in [0.25, 0.3) is 17.6 Å². The fourth-order valence-electron chi connectivity index (χ4n) is 5.38. The van der Waals surface area contributed by atoms with Crippen molar-refractivity contribution >= 4 is 40.4 Å². The maximum Gasteiger partial charge on any atom is 0.490 e. The number of rotatable bonds is 11. The molecule has 21 heteroatoms. The molecule has 5 heterocycles. The molecule has 1 aliphatic rings. The number of methoxy groups -OCH3 is 1. The Hall–Kier alpha value is -6.38. The molecule has 1 fully saturated rings. The summed E-state index contributed by atoms with van der Waals surface area (Å²) in [6.45, 7) is 2.89. The predicted molar refractivity (Wildman–Crippen MR) is 182 cm³/mol. The molecule has 0 bridgehead atoms. The summed E-state index contributed by atoms with van der Waals surface area (Å²) in [6.07, 6.45) is -1.32. The van der Waals surface area contributed by atoms with E-state index in [0.717, 1.165) is 18.7 Å². The first kappa shape index (κ1) is 37.9. The number of aliphatic carboxylic acids is 1. The number of H-pyrrole nitrogens is 2. The maximum atomic E-state index is 13.6. The lowest BCUT2D eigenvalue weighted by Crippen LogP contribution is -2.51. The highest BCUT2D eigenvalue weighted by atomic mass is 19.4. The van der Waals surface area contributed by atoms with Crippen molar-refractivity contribution in [2.24, 2.45) is 0 Å². The summed E-state index contributed by atoms with van der Waals surface area (Å²) >= 11 is 0. The third kappa shape index (κ3) is 8.75. The Bertz CT molecular complexity index is 2070. The molecule has 53 heavy (non-hydrogen) atoms. The molecule has 2 amide bonds. The fourth-order valence-corrected chi connectivity index (χ4v) is 5.38. The second kappa shape index (κ2) is 16.3. The molecule has 1 aliphatic heterocycles. The first-order valence-corrected chi connectivity index (χ1v) is 16.0. The number of alkyl halides is 3. The normalized spacial score (nSPS) is 13.1. The molecule has 0 spiro atoms. The second-order valence-corrected chi connectivity index (χ2v) is 11.8. The summed E-state index contributed by atoms with van der Waals surface area (Å²) in [5.74, 6) is -3.46. The van der Waals surface area contributed by atoms with Crippen molar-refractivity contribution in [3.05, 3.63) is 60.0 Å². The van der Waals surface area contributed by atoms with Gasteiger partial charge in [0.05, 0.1) is 35.5 Å². The van der Waals surface area contributed by atoms with Gasteiger partial charge in [-0.2, -0.15) is 23.0 Å². The van der Waals surface area contributed by atoms with E-state index in [0.29, 0.717) is 66.7 Å². The van der Waals surface area contributed by atoms with Gasteiger partial charge in [0.1, 0.15) is 22.8 Å². The zero-order chi connectivity index (χ0) is 38.3. The first-order valence-electron chi connectivity index (χ1n) is 16.0. The minimum atomic E-state index is -5.08. The van der Waals surface area contributed by atoms with Crippen molar-refractivity contribution in [3.63, 3.8) is 0 Å². The van der Waals surface area contributed by atoms with Crippen molar-refractivity contribution < 1.29 is 42.2 Å². The van der Waals surface area contributed by atoms with Crippen LogP contribution in [0.25, 0.3) is 28.0 Å². The Morgan fingerprint density at radius 2 is 1.77 bits per heavy atom. The highest BCUT2D eigenvalue weighted by Crippen LogP contribution is 2.34. The van der Waals surface area contributed by atoms with Gasteiger partial charge in [-0.25, -0.2) is 9.78 Å². The van der Waals surface area contributed by atoms with Crippen molar-refractivity contribution in [1.29, 1.82) is 0 Å².